The van der Waals surface area contributed by atoms with E-state index in [9.17, 15) is 23.1 Å². The predicted molar refractivity (Wildman–Crippen MR) is 73.0 cm³/mol. The average molecular weight is 303 g/mol. The van der Waals surface area contributed by atoms with Crippen molar-refractivity contribution in [1.82, 2.24) is 4.90 Å². The first-order chi connectivity index (χ1) is 9.65. The molecule has 1 amide bonds. The zero-order valence-electron chi connectivity index (χ0n) is 12.6. The van der Waals surface area contributed by atoms with E-state index in [1.165, 1.54) is 7.05 Å². The largest absolute Gasteiger partial charge is 0.394 e. The van der Waals surface area contributed by atoms with Gasteiger partial charge in [0.1, 0.15) is 5.82 Å². The SMILES string of the molecule is CCC(C)(C)C(=O)N(C)[C@@H](CO)c1cc(F)cc(F)c1F. The minimum atomic E-state index is -1.35. The smallest absolute Gasteiger partial charge is 0.228 e. The summed E-state index contributed by atoms with van der Waals surface area (Å²) in [4.78, 5) is 13.5. The number of carbonyl (C=O) groups excluding carboxylic acids is 1. The molecule has 1 rings (SSSR count). The second kappa shape index (κ2) is 6.47. The van der Waals surface area contributed by atoms with Gasteiger partial charge in [-0.05, 0) is 12.5 Å². The maximum Gasteiger partial charge on any atom is 0.228 e. The van der Waals surface area contributed by atoms with Gasteiger partial charge in [-0.25, -0.2) is 13.2 Å². The second-order valence-electron chi connectivity index (χ2n) is 5.64. The first-order valence-corrected chi connectivity index (χ1v) is 6.68. The van der Waals surface area contributed by atoms with Gasteiger partial charge in [-0.1, -0.05) is 20.8 Å². The molecule has 0 aliphatic heterocycles. The van der Waals surface area contributed by atoms with Gasteiger partial charge in [-0.15, -0.1) is 0 Å². The summed E-state index contributed by atoms with van der Waals surface area (Å²) < 4.78 is 40.4. The average Bonchev–Trinajstić information content (AvgIpc) is 2.43. The summed E-state index contributed by atoms with van der Waals surface area (Å²) in [7, 11) is 1.38. The molecule has 21 heavy (non-hydrogen) atoms. The minimum absolute atomic E-state index is 0.340. The lowest BCUT2D eigenvalue weighted by molar-refractivity contribution is -0.142. The van der Waals surface area contributed by atoms with Crippen molar-refractivity contribution >= 4 is 5.91 Å². The topological polar surface area (TPSA) is 40.5 Å². The molecule has 6 heteroatoms. The second-order valence-corrected chi connectivity index (χ2v) is 5.64. The highest BCUT2D eigenvalue weighted by Crippen LogP contribution is 2.30. The Morgan fingerprint density at radius 1 is 1.33 bits per heavy atom. The lowest BCUT2D eigenvalue weighted by Crippen LogP contribution is -2.41. The van der Waals surface area contributed by atoms with Crippen LogP contribution in [0.1, 0.15) is 38.8 Å². The van der Waals surface area contributed by atoms with Gasteiger partial charge >= 0.3 is 0 Å². The van der Waals surface area contributed by atoms with Gasteiger partial charge in [0.05, 0.1) is 12.6 Å². The fourth-order valence-corrected chi connectivity index (χ4v) is 2.02. The normalized spacial score (nSPS) is 13.1. The number of carbonyl (C=O) groups is 1. The van der Waals surface area contributed by atoms with Crippen LogP contribution in [0.25, 0.3) is 0 Å². The number of aliphatic hydroxyl groups is 1. The Labute approximate surface area is 122 Å². The van der Waals surface area contributed by atoms with Crippen LogP contribution in [0.2, 0.25) is 0 Å². The van der Waals surface area contributed by atoms with E-state index in [0.29, 0.717) is 12.5 Å². The molecule has 1 N–H and O–H groups in total. The zero-order valence-corrected chi connectivity index (χ0v) is 12.6. The predicted octanol–water partition coefficient (Wildman–Crippen LogP) is 3.03. The van der Waals surface area contributed by atoms with Crippen molar-refractivity contribution in [2.75, 3.05) is 13.7 Å². The molecular weight excluding hydrogens is 283 g/mol. The fraction of sp³-hybridized carbons (Fsp3) is 0.533. The Morgan fingerprint density at radius 3 is 2.38 bits per heavy atom. The first-order valence-electron chi connectivity index (χ1n) is 6.68. The molecule has 118 valence electrons. The Balaban J connectivity index is 3.23. The van der Waals surface area contributed by atoms with Gasteiger partial charge < -0.3 is 10.0 Å². The van der Waals surface area contributed by atoms with Crippen molar-refractivity contribution < 1.29 is 23.1 Å². The number of aliphatic hydroxyl groups excluding tert-OH is 1. The molecule has 0 bridgehead atoms. The van der Waals surface area contributed by atoms with E-state index >= 15 is 0 Å². The Morgan fingerprint density at radius 2 is 1.90 bits per heavy atom. The van der Waals surface area contributed by atoms with E-state index in [1.54, 1.807) is 13.8 Å². The van der Waals surface area contributed by atoms with E-state index in [2.05, 4.69) is 0 Å². The Bertz CT molecular complexity index is 532. The summed E-state index contributed by atoms with van der Waals surface area (Å²) in [5.41, 5.74) is -1.09. The molecule has 0 unspecified atom stereocenters. The summed E-state index contributed by atoms with van der Waals surface area (Å²) in [6.45, 7) is 4.61. The van der Waals surface area contributed by atoms with E-state index in [4.69, 9.17) is 0 Å². The van der Waals surface area contributed by atoms with Gasteiger partial charge in [0.15, 0.2) is 11.6 Å². The summed E-state index contributed by atoms with van der Waals surface area (Å²) in [5.74, 6) is -3.91. The summed E-state index contributed by atoms with van der Waals surface area (Å²) in [5, 5.41) is 9.44. The summed E-state index contributed by atoms with van der Waals surface area (Å²) >= 11 is 0. The van der Waals surface area contributed by atoms with E-state index in [-0.39, 0.29) is 11.5 Å². The van der Waals surface area contributed by atoms with E-state index in [1.807, 2.05) is 6.92 Å². The van der Waals surface area contributed by atoms with Gasteiger partial charge in [0, 0.05) is 24.1 Å². The number of likely N-dealkylation sites (N-methyl/N-ethyl adjacent to an activating group) is 1. The molecule has 0 saturated carbocycles. The fourth-order valence-electron chi connectivity index (χ4n) is 2.02. The third-order valence-corrected chi connectivity index (χ3v) is 3.80. The molecule has 0 radical (unpaired) electrons. The number of halogens is 3. The summed E-state index contributed by atoms with van der Waals surface area (Å²) in [6.07, 6.45) is 0.536. The van der Waals surface area contributed by atoms with Crippen LogP contribution in [0.4, 0.5) is 13.2 Å². The van der Waals surface area contributed by atoms with Crippen molar-refractivity contribution in [2.24, 2.45) is 5.41 Å². The monoisotopic (exact) mass is 303 g/mol. The highest BCUT2D eigenvalue weighted by atomic mass is 19.2. The lowest BCUT2D eigenvalue weighted by Gasteiger charge is -2.34. The highest BCUT2D eigenvalue weighted by molar-refractivity contribution is 5.82. The number of rotatable bonds is 5. The van der Waals surface area contributed by atoms with Crippen molar-refractivity contribution in [3.63, 3.8) is 0 Å². The Hall–Kier alpha value is -1.56. The van der Waals surface area contributed by atoms with Gasteiger partial charge in [-0.2, -0.15) is 0 Å². The number of amides is 1. The van der Waals surface area contributed by atoms with Crippen LogP contribution in [0, 0.1) is 22.9 Å². The Kier molecular flexibility index (Phi) is 5.39. The third kappa shape index (κ3) is 3.56. The van der Waals surface area contributed by atoms with Gasteiger partial charge in [0.25, 0.3) is 0 Å². The molecule has 0 saturated heterocycles. The third-order valence-electron chi connectivity index (χ3n) is 3.80. The quantitative estimate of drug-likeness (QED) is 0.849. The van der Waals surface area contributed by atoms with E-state index < -0.39 is 35.5 Å². The molecular formula is C15H20F3NO2. The zero-order chi connectivity index (χ0) is 16.4. The number of benzene rings is 1. The number of hydrogen-bond donors (Lipinski definition) is 1. The molecule has 1 aromatic carbocycles. The molecule has 1 atom stereocenters. The van der Waals surface area contributed by atoms with Crippen molar-refractivity contribution in [2.45, 2.75) is 33.2 Å². The van der Waals surface area contributed by atoms with Crippen LogP contribution in [0.5, 0.6) is 0 Å². The van der Waals surface area contributed by atoms with Crippen LogP contribution in [-0.4, -0.2) is 29.6 Å². The molecule has 0 aliphatic carbocycles. The standard InChI is InChI=1S/C15H20F3NO2/c1-5-15(2,3)14(21)19(4)12(8-20)10-6-9(16)7-11(17)13(10)18/h6-7,12,20H,5,8H2,1-4H3/t12-/m0/s1. The van der Waals surface area contributed by atoms with Crippen LogP contribution in [0.15, 0.2) is 12.1 Å². The molecule has 0 spiro atoms. The van der Waals surface area contributed by atoms with E-state index in [0.717, 1.165) is 11.0 Å². The van der Waals surface area contributed by atoms with Gasteiger partial charge in [-0.3, -0.25) is 4.79 Å². The number of hydrogen-bond acceptors (Lipinski definition) is 2. The van der Waals surface area contributed by atoms with Crippen molar-refractivity contribution in [1.29, 1.82) is 0 Å². The molecule has 0 aromatic heterocycles. The number of nitrogens with zero attached hydrogens (tertiary/aromatic N) is 1. The molecule has 0 heterocycles. The maximum absolute atomic E-state index is 13.8. The first kappa shape index (κ1) is 17.5. The molecule has 3 nitrogen and oxygen atoms in total. The molecule has 0 aliphatic rings. The van der Waals surface area contributed by atoms with Crippen LogP contribution in [-0.2, 0) is 4.79 Å². The lowest BCUT2D eigenvalue weighted by atomic mass is 9.87. The summed E-state index contributed by atoms with van der Waals surface area (Å²) in [6, 6.07) is 0.0705. The van der Waals surface area contributed by atoms with Crippen molar-refractivity contribution in [3.05, 3.63) is 35.1 Å². The maximum atomic E-state index is 13.8. The van der Waals surface area contributed by atoms with Crippen molar-refractivity contribution in [3.8, 4) is 0 Å². The molecule has 0 fully saturated rings. The van der Waals surface area contributed by atoms with Crippen LogP contribution < -0.4 is 0 Å². The highest BCUT2D eigenvalue weighted by Gasteiger charge is 2.33. The minimum Gasteiger partial charge on any atom is -0.394 e. The van der Waals surface area contributed by atoms with Gasteiger partial charge in [0.2, 0.25) is 5.91 Å². The van der Waals surface area contributed by atoms with Crippen LogP contribution >= 0.6 is 0 Å². The van der Waals surface area contributed by atoms with Crippen LogP contribution in [0.3, 0.4) is 0 Å². The molecule has 1 aromatic rings.